The number of carbonyl (C=O) groups is 3. The van der Waals surface area contributed by atoms with Crippen molar-refractivity contribution in [2.45, 2.75) is 0 Å². The van der Waals surface area contributed by atoms with Gasteiger partial charge in [-0.2, -0.15) is 0 Å². The first-order valence-corrected chi connectivity index (χ1v) is 7.96. The molecular weight excluding hydrogens is 378 g/mol. The number of hydrogen-bond donors (Lipinski definition) is 2. The van der Waals surface area contributed by atoms with E-state index >= 15 is 0 Å². The number of nitrogens with one attached hydrogen (secondary N) is 2. The minimum Gasteiger partial charge on any atom is -0.454 e. The number of nitrogens with zero attached hydrogens (tertiary/aromatic N) is 1. The van der Waals surface area contributed by atoms with Crippen LogP contribution in [0.3, 0.4) is 0 Å². The van der Waals surface area contributed by atoms with Gasteiger partial charge in [0.05, 0.1) is 4.92 Å². The third-order valence-electron chi connectivity index (χ3n) is 3.20. The number of halogens is 1. The van der Waals surface area contributed by atoms with E-state index in [-0.39, 0.29) is 11.4 Å². The molecule has 2 aromatic rings. The van der Waals surface area contributed by atoms with E-state index in [2.05, 4.69) is 10.6 Å². The summed E-state index contributed by atoms with van der Waals surface area (Å²) >= 11 is 5.72. The van der Waals surface area contributed by atoms with Crippen molar-refractivity contribution in [1.29, 1.82) is 0 Å². The maximum absolute atomic E-state index is 11.8. The quantitative estimate of drug-likeness (QED) is 0.423. The van der Waals surface area contributed by atoms with Crippen LogP contribution in [0.2, 0.25) is 5.02 Å². The highest BCUT2D eigenvalue weighted by atomic mass is 35.5. The summed E-state index contributed by atoms with van der Waals surface area (Å²) in [6.45, 7) is -1.02. The normalized spacial score (nSPS) is 9.96. The van der Waals surface area contributed by atoms with E-state index in [0.717, 1.165) is 0 Å². The average molecular weight is 392 g/mol. The van der Waals surface area contributed by atoms with Gasteiger partial charge in [0.1, 0.15) is 6.54 Å². The lowest BCUT2D eigenvalue weighted by molar-refractivity contribution is -0.384. The Balaban J connectivity index is 1.75. The molecule has 0 saturated heterocycles. The van der Waals surface area contributed by atoms with Gasteiger partial charge in [0.15, 0.2) is 6.61 Å². The van der Waals surface area contributed by atoms with Gasteiger partial charge in [-0.05, 0) is 30.3 Å². The van der Waals surface area contributed by atoms with Gasteiger partial charge >= 0.3 is 5.97 Å². The van der Waals surface area contributed by atoms with Crippen molar-refractivity contribution in [1.82, 2.24) is 5.32 Å². The van der Waals surface area contributed by atoms with Gasteiger partial charge in [0.2, 0.25) is 0 Å². The van der Waals surface area contributed by atoms with Crippen molar-refractivity contribution in [3.63, 3.8) is 0 Å². The van der Waals surface area contributed by atoms with Crippen LogP contribution in [0.5, 0.6) is 0 Å². The van der Waals surface area contributed by atoms with Crippen LogP contribution in [0.4, 0.5) is 11.4 Å². The van der Waals surface area contributed by atoms with Crippen LogP contribution in [0.1, 0.15) is 10.4 Å². The summed E-state index contributed by atoms with van der Waals surface area (Å²) in [4.78, 5) is 45.3. The number of nitro benzene ring substituents is 1. The third-order valence-corrected chi connectivity index (χ3v) is 3.46. The zero-order valence-electron chi connectivity index (χ0n) is 13.8. The van der Waals surface area contributed by atoms with E-state index in [9.17, 15) is 24.5 Å². The molecule has 9 nitrogen and oxygen atoms in total. The zero-order chi connectivity index (χ0) is 19.8. The molecule has 140 valence electrons. The minimum absolute atomic E-state index is 0.185. The Morgan fingerprint density at radius 1 is 1.11 bits per heavy atom. The molecule has 2 rings (SSSR count). The number of ether oxygens (including phenoxy) is 1. The van der Waals surface area contributed by atoms with Gasteiger partial charge in [-0.3, -0.25) is 24.5 Å². The molecule has 0 aliphatic heterocycles. The van der Waals surface area contributed by atoms with Crippen LogP contribution >= 0.6 is 11.6 Å². The molecule has 0 spiro atoms. The van der Waals surface area contributed by atoms with E-state index in [1.807, 2.05) is 0 Å². The Kier molecular flexibility index (Phi) is 6.84. The maximum Gasteiger partial charge on any atom is 0.325 e. The molecule has 2 N–H and O–H groups in total. The number of carbonyl (C=O) groups excluding carboxylic acids is 3. The number of benzene rings is 2. The number of nitro groups is 1. The van der Waals surface area contributed by atoms with Gasteiger partial charge < -0.3 is 15.4 Å². The molecule has 27 heavy (non-hydrogen) atoms. The zero-order valence-corrected chi connectivity index (χ0v) is 14.6. The number of esters is 1. The summed E-state index contributed by atoms with van der Waals surface area (Å²) in [6.07, 6.45) is 0. The van der Waals surface area contributed by atoms with Gasteiger partial charge in [-0.25, -0.2) is 0 Å². The van der Waals surface area contributed by atoms with Crippen molar-refractivity contribution in [3.05, 3.63) is 69.2 Å². The Morgan fingerprint density at radius 3 is 2.48 bits per heavy atom. The summed E-state index contributed by atoms with van der Waals surface area (Å²) in [5.74, 6) is -1.98. The third kappa shape index (κ3) is 6.40. The summed E-state index contributed by atoms with van der Waals surface area (Å²) in [5, 5.41) is 15.9. The van der Waals surface area contributed by atoms with Gasteiger partial charge in [-0.1, -0.05) is 17.7 Å². The number of amides is 2. The lowest BCUT2D eigenvalue weighted by Crippen LogP contribution is -2.32. The molecule has 0 atom stereocenters. The monoisotopic (exact) mass is 391 g/mol. The summed E-state index contributed by atoms with van der Waals surface area (Å²) < 4.78 is 4.74. The largest absolute Gasteiger partial charge is 0.454 e. The highest BCUT2D eigenvalue weighted by molar-refractivity contribution is 6.30. The van der Waals surface area contributed by atoms with Crippen LogP contribution in [-0.4, -0.2) is 35.9 Å². The molecule has 2 aromatic carbocycles. The number of hydrogen-bond acceptors (Lipinski definition) is 6. The first-order valence-electron chi connectivity index (χ1n) is 7.59. The second kappa shape index (κ2) is 9.30. The second-order valence-corrected chi connectivity index (χ2v) is 5.64. The molecule has 10 heteroatoms. The first kappa shape index (κ1) is 19.9. The number of rotatable bonds is 7. The molecule has 0 aliphatic rings. The molecular formula is C17H14ClN3O6. The molecule has 0 aromatic heterocycles. The molecule has 0 heterocycles. The minimum atomic E-state index is -0.813. The smallest absolute Gasteiger partial charge is 0.325 e. The van der Waals surface area contributed by atoms with Crippen LogP contribution in [0, 0.1) is 10.1 Å². The van der Waals surface area contributed by atoms with Gasteiger partial charge in [-0.15, -0.1) is 0 Å². The molecule has 2 amide bonds. The second-order valence-electron chi connectivity index (χ2n) is 5.21. The fraction of sp³-hybridized carbons (Fsp3) is 0.118. The number of anilines is 1. The van der Waals surface area contributed by atoms with Crippen LogP contribution in [0.15, 0.2) is 48.5 Å². The average Bonchev–Trinajstić information content (AvgIpc) is 2.65. The SMILES string of the molecule is O=C(COC(=O)CNC(=O)c1ccc(Cl)cc1)Nc1cccc([N+](=O)[O-])c1. The summed E-state index contributed by atoms with van der Waals surface area (Å²) in [6, 6.07) is 11.4. The lowest BCUT2D eigenvalue weighted by Gasteiger charge is -2.08. The molecule has 0 bridgehead atoms. The van der Waals surface area contributed by atoms with E-state index in [1.165, 1.54) is 48.5 Å². The predicted octanol–water partition coefficient (Wildman–Crippen LogP) is 2.16. The van der Waals surface area contributed by atoms with E-state index < -0.39 is 35.9 Å². The van der Waals surface area contributed by atoms with Crippen LogP contribution in [0.25, 0.3) is 0 Å². The highest BCUT2D eigenvalue weighted by Gasteiger charge is 2.12. The van der Waals surface area contributed by atoms with Crippen molar-refractivity contribution in [3.8, 4) is 0 Å². The maximum atomic E-state index is 11.8. The van der Waals surface area contributed by atoms with Crippen molar-refractivity contribution >= 4 is 40.8 Å². The molecule has 0 aliphatic carbocycles. The standard InChI is InChI=1S/C17H14ClN3O6/c18-12-6-4-11(5-7-12)17(24)19-9-16(23)27-10-15(22)20-13-2-1-3-14(8-13)21(25)26/h1-8H,9-10H2,(H,19,24)(H,20,22). The lowest BCUT2D eigenvalue weighted by atomic mass is 10.2. The molecule has 0 radical (unpaired) electrons. The highest BCUT2D eigenvalue weighted by Crippen LogP contribution is 2.16. The Labute approximate surface area is 158 Å². The summed E-state index contributed by atoms with van der Waals surface area (Å²) in [5.41, 5.74) is 0.326. The predicted molar refractivity (Wildman–Crippen MR) is 96.5 cm³/mol. The Hall–Kier alpha value is -3.46. The fourth-order valence-electron chi connectivity index (χ4n) is 1.95. The van der Waals surface area contributed by atoms with Crippen LogP contribution < -0.4 is 10.6 Å². The van der Waals surface area contributed by atoms with Crippen molar-refractivity contribution in [2.75, 3.05) is 18.5 Å². The molecule has 0 saturated carbocycles. The Morgan fingerprint density at radius 2 is 1.81 bits per heavy atom. The van der Waals surface area contributed by atoms with E-state index in [0.29, 0.717) is 10.6 Å². The summed E-state index contributed by atoms with van der Waals surface area (Å²) in [7, 11) is 0. The molecule has 0 fully saturated rings. The van der Waals surface area contributed by atoms with E-state index in [1.54, 1.807) is 0 Å². The fourth-order valence-corrected chi connectivity index (χ4v) is 2.07. The number of non-ortho nitro benzene ring substituents is 1. The first-order chi connectivity index (χ1) is 12.8. The molecule has 0 unspecified atom stereocenters. The van der Waals surface area contributed by atoms with Gasteiger partial charge in [0, 0.05) is 28.4 Å². The van der Waals surface area contributed by atoms with E-state index in [4.69, 9.17) is 16.3 Å². The topological polar surface area (TPSA) is 128 Å². The Bertz CT molecular complexity index is 869. The van der Waals surface area contributed by atoms with Crippen molar-refractivity contribution < 1.29 is 24.0 Å². The van der Waals surface area contributed by atoms with Crippen molar-refractivity contribution in [2.24, 2.45) is 0 Å². The van der Waals surface area contributed by atoms with Gasteiger partial charge in [0.25, 0.3) is 17.5 Å². The van der Waals surface area contributed by atoms with Crippen LogP contribution in [-0.2, 0) is 14.3 Å².